The Hall–Kier alpha value is 2.46. The molecule has 0 saturated carbocycles. The van der Waals surface area contributed by atoms with Gasteiger partial charge in [0.05, 0.1) is 0 Å². The average Bonchev–Trinajstić information content (AvgIpc) is 2.30. The smallest absolute Gasteiger partial charge is 0.182 e. The fourth-order valence-corrected chi connectivity index (χ4v) is 2.33. The molecule has 11 heavy (non-hydrogen) atoms. The first-order valence-electron chi connectivity index (χ1n) is 2.52. The van der Waals surface area contributed by atoms with E-state index in [1.165, 1.54) is 0 Å². The lowest BCUT2D eigenvalue weighted by molar-refractivity contribution is 0.380. The molecule has 0 radical (unpaired) electrons. The Balaban J connectivity index is 2.51. The highest BCUT2D eigenvalue weighted by Crippen LogP contribution is 2.55. The second-order valence-corrected chi connectivity index (χ2v) is 12.2. The molecule has 0 spiro atoms. The standard InChI is InChI=1S/C4H2Br4Cl2O/c5-3(6,9)1-2(11-1)4(7,8)10/h1-2H. The molecule has 1 heterocycles. The van der Waals surface area contributed by atoms with Gasteiger partial charge in [-0.05, 0) is 0 Å². The summed E-state index contributed by atoms with van der Waals surface area (Å²) in [7, 11) is 0. The largest absolute Gasteiger partial charge is 0.362 e. The maximum Gasteiger partial charge on any atom is 0.182 e. The fraction of sp³-hybridized carbons (Fsp3) is 1.00. The van der Waals surface area contributed by atoms with Gasteiger partial charge in [0.15, 0.2) is 5.39 Å². The molecule has 1 aliphatic rings. The quantitative estimate of drug-likeness (QED) is 0.450. The number of rotatable bonds is 2. The number of alkyl halides is 6. The van der Waals surface area contributed by atoms with E-state index >= 15 is 0 Å². The predicted octanol–water partition coefficient (Wildman–Crippen LogP) is 4.12. The fourth-order valence-electron chi connectivity index (χ4n) is 0.610. The van der Waals surface area contributed by atoms with Crippen molar-refractivity contribution < 1.29 is 4.74 Å². The maximum absolute atomic E-state index is 5.84. The topological polar surface area (TPSA) is 12.5 Å². The molecular weight excluding hydrogens is 455 g/mol. The highest BCUT2D eigenvalue weighted by molar-refractivity contribution is 9.26. The van der Waals surface area contributed by atoms with Crippen LogP contribution in [0.25, 0.3) is 0 Å². The molecule has 1 rings (SSSR count). The minimum Gasteiger partial charge on any atom is -0.362 e. The number of hydrogen-bond acceptors (Lipinski definition) is 1. The lowest BCUT2D eigenvalue weighted by atomic mass is 10.4. The summed E-state index contributed by atoms with van der Waals surface area (Å²) in [5.74, 6) is 0. The van der Waals surface area contributed by atoms with Gasteiger partial charge in [-0.1, -0.05) is 86.9 Å². The number of hydrogen-bond donors (Lipinski definition) is 0. The number of halogens is 6. The van der Waals surface area contributed by atoms with Crippen molar-refractivity contribution in [3.05, 3.63) is 0 Å². The van der Waals surface area contributed by atoms with Crippen LogP contribution in [0.5, 0.6) is 0 Å². The molecule has 1 nitrogen and oxygen atoms in total. The highest BCUT2D eigenvalue weighted by Gasteiger charge is 2.59. The Morgan fingerprint density at radius 1 is 0.909 bits per heavy atom. The molecule has 1 aliphatic heterocycles. The lowest BCUT2D eigenvalue weighted by Gasteiger charge is -2.10. The van der Waals surface area contributed by atoms with Crippen LogP contribution in [0.1, 0.15) is 0 Å². The number of ether oxygens (including phenoxy) is 1. The normalized spacial score (nSPS) is 32.2. The Kier molecular flexibility index (Phi) is 3.73. The van der Waals surface area contributed by atoms with E-state index in [-0.39, 0.29) is 12.2 Å². The summed E-state index contributed by atoms with van der Waals surface area (Å²) in [6.45, 7) is 0. The van der Waals surface area contributed by atoms with E-state index in [2.05, 4.69) is 63.7 Å². The van der Waals surface area contributed by atoms with Crippen LogP contribution in [0, 0.1) is 0 Å². The molecule has 66 valence electrons. The highest BCUT2D eigenvalue weighted by atomic mass is 79.9. The van der Waals surface area contributed by atoms with Crippen LogP contribution in [-0.4, -0.2) is 17.6 Å². The summed E-state index contributed by atoms with van der Waals surface area (Å²) in [6, 6.07) is 0. The molecule has 2 unspecified atom stereocenters. The van der Waals surface area contributed by atoms with E-state index in [0.29, 0.717) is 0 Å². The zero-order chi connectivity index (χ0) is 8.86. The van der Waals surface area contributed by atoms with Crippen molar-refractivity contribution in [2.75, 3.05) is 0 Å². The molecule has 1 saturated heterocycles. The van der Waals surface area contributed by atoms with Gasteiger partial charge in [-0.15, -0.1) is 0 Å². The second-order valence-electron chi connectivity index (χ2n) is 2.06. The minimum atomic E-state index is -0.730. The van der Waals surface area contributed by atoms with Gasteiger partial charge in [0.2, 0.25) is 0 Å². The van der Waals surface area contributed by atoms with Gasteiger partial charge in [-0.3, -0.25) is 0 Å². The van der Waals surface area contributed by atoms with Crippen LogP contribution in [-0.2, 0) is 4.74 Å². The van der Waals surface area contributed by atoms with Gasteiger partial charge in [0.1, 0.15) is 12.2 Å². The molecule has 7 heteroatoms. The van der Waals surface area contributed by atoms with Gasteiger partial charge in [0, 0.05) is 0 Å². The molecule has 0 amide bonds. The average molecular weight is 457 g/mol. The van der Waals surface area contributed by atoms with Crippen molar-refractivity contribution in [3.63, 3.8) is 0 Å². The van der Waals surface area contributed by atoms with Crippen LogP contribution in [0.2, 0.25) is 0 Å². The van der Waals surface area contributed by atoms with Gasteiger partial charge >= 0.3 is 0 Å². The van der Waals surface area contributed by atoms with E-state index in [4.69, 9.17) is 27.9 Å². The zero-order valence-corrected chi connectivity index (χ0v) is 12.7. The Morgan fingerprint density at radius 2 is 1.18 bits per heavy atom. The molecule has 1 fully saturated rings. The second kappa shape index (κ2) is 3.55. The van der Waals surface area contributed by atoms with Crippen molar-refractivity contribution >= 4 is 86.9 Å². The van der Waals surface area contributed by atoms with E-state index in [0.717, 1.165) is 0 Å². The third kappa shape index (κ3) is 3.26. The van der Waals surface area contributed by atoms with Crippen molar-refractivity contribution in [1.82, 2.24) is 0 Å². The predicted molar refractivity (Wildman–Crippen MR) is 61.5 cm³/mol. The summed E-state index contributed by atoms with van der Waals surface area (Å²) >= 11 is 24.5. The van der Waals surface area contributed by atoms with Crippen LogP contribution in [0.15, 0.2) is 0 Å². The third-order valence-electron chi connectivity index (χ3n) is 1.14. The molecule has 0 bridgehead atoms. The molecule has 0 N–H and O–H groups in total. The summed E-state index contributed by atoms with van der Waals surface area (Å²) < 4.78 is 3.73. The monoisotopic (exact) mass is 452 g/mol. The number of epoxide rings is 1. The molecule has 2 atom stereocenters. The zero-order valence-electron chi connectivity index (χ0n) is 4.83. The van der Waals surface area contributed by atoms with Crippen molar-refractivity contribution in [3.8, 4) is 0 Å². The summed E-state index contributed by atoms with van der Waals surface area (Å²) in [5.41, 5.74) is 0. The first-order valence-corrected chi connectivity index (χ1v) is 6.44. The first kappa shape index (κ1) is 11.5. The minimum absolute atomic E-state index is 0.152. The van der Waals surface area contributed by atoms with Crippen LogP contribution < -0.4 is 0 Å². The van der Waals surface area contributed by atoms with Gasteiger partial charge in [0.25, 0.3) is 0 Å². The lowest BCUT2D eigenvalue weighted by Crippen LogP contribution is -2.20. The van der Waals surface area contributed by atoms with E-state index in [9.17, 15) is 0 Å². The Labute approximate surface area is 108 Å². The summed E-state index contributed by atoms with van der Waals surface area (Å²) in [4.78, 5) is 0. The van der Waals surface area contributed by atoms with Gasteiger partial charge in [-0.2, -0.15) is 0 Å². The van der Waals surface area contributed by atoms with E-state index < -0.39 is 5.39 Å². The Bertz CT molecular complexity index is 144. The van der Waals surface area contributed by atoms with Crippen molar-refractivity contribution in [2.24, 2.45) is 0 Å². The summed E-state index contributed by atoms with van der Waals surface area (Å²) in [6.07, 6.45) is -0.305. The van der Waals surface area contributed by atoms with Crippen LogP contribution in [0.3, 0.4) is 0 Å². The summed E-state index contributed by atoms with van der Waals surface area (Å²) in [5, 5.41) is 0. The van der Waals surface area contributed by atoms with Crippen molar-refractivity contribution in [2.45, 2.75) is 17.6 Å². The van der Waals surface area contributed by atoms with Crippen molar-refractivity contribution in [1.29, 1.82) is 0 Å². The molecule has 0 aromatic heterocycles. The Morgan fingerprint density at radius 3 is 1.27 bits per heavy atom. The molecular formula is C4H2Br4Cl2O. The van der Waals surface area contributed by atoms with E-state index in [1.807, 2.05) is 0 Å². The van der Waals surface area contributed by atoms with Crippen LogP contribution >= 0.6 is 86.9 Å². The molecule has 0 aliphatic carbocycles. The molecule has 0 aromatic rings. The van der Waals surface area contributed by atoms with E-state index in [1.54, 1.807) is 0 Å². The van der Waals surface area contributed by atoms with Gasteiger partial charge < -0.3 is 4.74 Å². The first-order chi connectivity index (χ1) is 4.73. The SMILES string of the molecule is ClC(Br)(Br)C1OC1C(Cl)(Br)Br. The third-order valence-corrected chi connectivity index (χ3v) is 3.37. The molecule has 0 aromatic carbocycles. The maximum atomic E-state index is 5.84. The van der Waals surface area contributed by atoms with Gasteiger partial charge in [-0.25, -0.2) is 0 Å². The van der Waals surface area contributed by atoms with Crippen LogP contribution in [0.4, 0.5) is 0 Å².